The summed E-state index contributed by atoms with van der Waals surface area (Å²) in [4.78, 5) is 23.6. The van der Waals surface area contributed by atoms with E-state index >= 15 is 0 Å². The monoisotopic (exact) mass is 455 g/mol. The zero-order valence-electron chi connectivity index (χ0n) is 17.8. The molecule has 0 saturated heterocycles. The standard InChI is InChI=1S/C22H25N5O4S/c1-16(26-32(30,31)21-10-8-20(9-11-21)25-17(2)28)22(29)23-14-18-6-3-4-7-19(18)15-27-13-5-12-24-27/h3-13,16,26H,14-15H2,1-2H3,(H,23,29)(H,25,28)/t16-/m0/s1. The normalized spacial score (nSPS) is 12.2. The fraction of sp³-hybridized carbons (Fsp3) is 0.227. The second-order valence-corrected chi connectivity index (χ2v) is 8.95. The first-order chi connectivity index (χ1) is 15.2. The molecular formula is C22H25N5O4S. The van der Waals surface area contributed by atoms with Gasteiger partial charge in [-0.2, -0.15) is 9.82 Å². The van der Waals surface area contributed by atoms with Crippen molar-refractivity contribution < 1.29 is 18.0 Å². The van der Waals surface area contributed by atoms with Gasteiger partial charge in [0.25, 0.3) is 0 Å². The molecule has 3 rings (SSSR count). The van der Waals surface area contributed by atoms with Gasteiger partial charge in [-0.05, 0) is 48.4 Å². The van der Waals surface area contributed by atoms with Crippen molar-refractivity contribution in [3.63, 3.8) is 0 Å². The number of hydrogen-bond donors (Lipinski definition) is 3. The predicted octanol–water partition coefficient (Wildman–Crippen LogP) is 1.87. The highest BCUT2D eigenvalue weighted by molar-refractivity contribution is 7.89. The highest BCUT2D eigenvalue weighted by Crippen LogP contribution is 2.15. The number of sulfonamides is 1. The van der Waals surface area contributed by atoms with Gasteiger partial charge in [-0.1, -0.05) is 24.3 Å². The van der Waals surface area contributed by atoms with Gasteiger partial charge < -0.3 is 10.6 Å². The second kappa shape index (κ2) is 10.2. The van der Waals surface area contributed by atoms with E-state index in [1.54, 1.807) is 10.9 Å². The molecule has 0 saturated carbocycles. The number of rotatable bonds is 9. The molecule has 0 aliphatic rings. The molecule has 0 fully saturated rings. The highest BCUT2D eigenvalue weighted by atomic mass is 32.2. The molecule has 1 aromatic heterocycles. The molecule has 168 valence electrons. The number of nitrogens with zero attached hydrogens (tertiary/aromatic N) is 2. The van der Waals surface area contributed by atoms with E-state index in [0.717, 1.165) is 11.1 Å². The molecular weight excluding hydrogens is 430 g/mol. The summed E-state index contributed by atoms with van der Waals surface area (Å²) in [7, 11) is -3.91. The highest BCUT2D eigenvalue weighted by Gasteiger charge is 2.22. The maximum atomic E-state index is 12.6. The number of nitrogens with one attached hydrogen (secondary N) is 3. The van der Waals surface area contributed by atoms with Crippen molar-refractivity contribution >= 4 is 27.5 Å². The Morgan fingerprint density at radius 3 is 2.34 bits per heavy atom. The summed E-state index contributed by atoms with van der Waals surface area (Å²) in [6.07, 6.45) is 3.56. The van der Waals surface area contributed by atoms with Gasteiger partial charge >= 0.3 is 0 Å². The van der Waals surface area contributed by atoms with E-state index < -0.39 is 22.0 Å². The predicted molar refractivity (Wildman–Crippen MR) is 120 cm³/mol. The number of anilines is 1. The molecule has 3 aromatic rings. The summed E-state index contributed by atoms with van der Waals surface area (Å²) >= 11 is 0. The molecule has 0 aliphatic heterocycles. The van der Waals surface area contributed by atoms with Crippen LogP contribution in [0.4, 0.5) is 5.69 Å². The molecule has 1 heterocycles. The Morgan fingerprint density at radius 2 is 1.72 bits per heavy atom. The summed E-state index contributed by atoms with van der Waals surface area (Å²) in [5, 5.41) is 9.55. The fourth-order valence-electron chi connectivity index (χ4n) is 3.06. The Kier molecular flexibility index (Phi) is 7.39. The molecule has 0 spiro atoms. The van der Waals surface area contributed by atoms with Gasteiger partial charge in [0.15, 0.2) is 0 Å². The second-order valence-electron chi connectivity index (χ2n) is 7.24. The van der Waals surface area contributed by atoms with Crippen LogP contribution < -0.4 is 15.4 Å². The summed E-state index contributed by atoms with van der Waals surface area (Å²) in [5.74, 6) is -0.701. The third-order valence-electron chi connectivity index (χ3n) is 4.67. The van der Waals surface area contributed by atoms with Crippen LogP contribution in [0.3, 0.4) is 0 Å². The van der Waals surface area contributed by atoms with E-state index in [-0.39, 0.29) is 17.3 Å². The van der Waals surface area contributed by atoms with Gasteiger partial charge in [0.2, 0.25) is 21.8 Å². The van der Waals surface area contributed by atoms with E-state index in [2.05, 4.69) is 20.5 Å². The minimum atomic E-state index is -3.91. The number of carbonyl (C=O) groups is 2. The minimum Gasteiger partial charge on any atom is -0.351 e. The first kappa shape index (κ1) is 23.2. The van der Waals surface area contributed by atoms with Gasteiger partial charge in [0, 0.05) is 31.5 Å². The lowest BCUT2D eigenvalue weighted by atomic mass is 10.1. The zero-order chi connectivity index (χ0) is 23.1. The zero-order valence-corrected chi connectivity index (χ0v) is 18.6. The Balaban J connectivity index is 1.60. The van der Waals surface area contributed by atoms with Crippen molar-refractivity contribution in [3.05, 3.63) is 78.1 Å². The van der Waals surface area contributed by atoms with Crippen LogP contribution in [0, 0.1) is 0 Å². The van der Waals surface area contributed by atoms with Gasteiger partial charge in [0.1, 0.15) is 0 Å². The van der Waals surface area contributed by atoms with E-state index in [1.165, 1.54) is 38.1 Å². The first-order valence-corrected chi connectivity index (χ1v) is 11.4. The van der Waals surface area contributed by atoms with Crippen molar-refractivity contribution in [3.8, 4) is 0 Å². The quantitative estimate of drug-likeness (QED) is 0.455. The van der Waals surface area contributed by atoms with Crippen LogP contribution in [-0.4, -0.2) is 36.1 Å². The van der Waals surface area contributed by atoms with Crippen LogP contribution in [0.1, 0.15) is 25.0 Å². The van der Waals surface area contributed by atoms with Crippen LogP contribution in [0.5, 0.6) is 0 Å². The fourth-order valence-corrected chi connectivity index (χ4v) is 4.27. The molecule has 2 aromatic carbocycles. The van der Waals surface area contributed by atoms with Crippen LogP contribution in [-0.2, 0) is 32.7 Å². The van der Waals surface area contributed by atoms with E-state index in [9.17, 15) is 18.0 Å². The molecule has 10 heteroatoms. The minimum absolute atomic E-state index is 0.00387. The summed E-state index contributed by atoms with van der Waals surface area (Å²) in [6.45, 7) is 3.67. The topological polar surface area (TPSA) is 122 Å². The SMILES string of the molecule is CC(=O)Nc1ccc(S(=O)(=O)N[C@@H](C)C(=O)NCc2ccccc2Cn2cccn2)cc1. The van der Waals surface area contributed by atoms with Crippen LogP contribution in [0.2, 0.25) is 0 Å². The molecule has 2 amide bonds. The number of amides is 2. The Hall–Kier alpha value is -3.50. The van der Waals surface area contributed by atoms with Crippen molar-refractivity contribution in [2.75, 3.05) is 5.32 Å². The lowest BCUT2D eigenvalue weighted by Gasteiger charge is -2.16. The number of carbonyl (C=O) groups excluding carboxylic acids is 2. The van der Waals surface area contributed by atoms with Gasteiger partial charge in [0.05, 0.1) is 17.5 Å². The third-order valence-corrected chi connectivity index (χ3v) is 6.23. The molecule has 0 aliphatic carbocycles. The van der Waals surface area contributed by atoms with E-state index in [4.69, 9.17) is 0 Å². The Morgan fingerprint density at radius 1 is 1.03 bits per heavy atom. The van der Waals surface area contributed by atoms with Crippen molar-refractivity contribution in [2.24, 2.45) is 0 Å². The van der Waals surface area contributed by atoms with Crippen LogP contribution in [0.25, 0.3) is 0 Å². The summed E-state index contributed by atoms with van der Waals surface area (Å²) in [5.41, 5.74) is 2.40. The molecule has 0 radical (unpaired) electrons. The number of benzene rings is 2. The van der Waals surface area contributed by atoms with Gasteiger partial charge in [-0.3, -0.25) is 14.3 Å². The summed E-state index contributed by atoms with van der Waals surface area (Å²) in [6, 6.07) is 14.2. The lowest BCUT2D eigenvalue weighted by Crippen LogP contribution is -2.44. The van der Waals surface area contributed by atoms with Gasteiger partial charge in [-0.15, -0.1) is 0 Å². The van der Waals surface area contributed by atoms with Gasteiger partial charge in [-0.25, -0.2) is 8.42 Å². The average molecular weight is 456 g/mol. The molecule has 3 N–H and O–H groups in total. The Labute approximate surface area is 186 Å². The molecule has 9 nitrogen and oxygen atoms in total. The van der Waals surface area contributed by atoms with Crippen molar-refractivity contribution in [2.45, 2.75) is 37.9 Å². The molecule has 0 bridgehead atoms. The molecule has 0 unspecified atom stereocenters. The third kappa shape index (κ3) is 6.25. The first-order valence-electron chi connectivity index (χ1n) is 9.96. The van der Waals surface area contributed by atoms with Crippen LogP contribution >= 0.6 is 0 Å². The maximum Gasteiger partial charge on any atom is 0.241 e. The lowest BCUT2D eigenvalue weighted by molar-refractivity contribution is -0.122. The van der Waals surface area contributed by atoms with Crippen molar-refractivity contribution in [1.29, 1.82) is 0 Å². The largest absolute Gasteiger partial charge is 0.351 e. The maximum absolute atomic E-state index is 12.6. The number of hydrogen-bond acceptors (Lipinski definition) is 5. The van der Waals surface area contributed by atoms with Crippen molar-refractivity contribution in [1.82, 2.24) is 19.8 Å². The van der Waals surface area contributed by atoms with Crippen LogP contribution in [0.15, 0.2) is 71.9 Å². The average Bonchev–Trinajstić information content (AvgIpc) is 3.25. The smallest absolute Gasteiger partial charge is 0.241 e. The van der Waals surface area contributed by atoms with E-state index in [1.807, 2.05) is 36.5 Å². The Bertz CT molecular complexity index is 1180. The summed E-state index contributed by atoms with van der Waals surface area (Å²) < 4.78 is 29.4. The molecule has 1 atom stereocenters. The number of aromatic nitrogens is 2. The van der Waals surface area contributed by atoms with E-state index in [0.29, 0.717) is 12.2 Å². The molecule has 32 heavy (non-hydrogen) atoms.